The maximum atomic E-state index is 13.6. The molecule has 3 aromatic carbocycles. The fraction of sp³-hybridized carbons (Fsp3) is 0.161. The Labute approximate surface area is 234 Å². The summed E-state index contributed by atoms with van der Waals surface area (Å²) in [5, 5.41) is 6.10. The third kappa shape index (κ3) is 5.23. The third-order valence-electron chi connectivity index (χ3n) is 6.59. The number of anilines is 1. The van der Waals surface area contributed by atoms with E-state index < -0.39 is 18.0 Å². The van der Waals surface area contributed by atoms with Gasteiger partial charge in [-0.15, -0.1) is 11.3 Å². The molecule has 1 N–H and O–H groups in total. The SMILES string of the molecule is CCC(OC(=O)c1c(-c2ccccc2)c2ccccc2c(=O)n1C)C(=O)Nc1nc(-c2ccc(OC)cc2)cs1. The van der Waals surface area contributed by atoms with Crippen LogP contribution in [0.2, 0.25) is 0 Å². The molecule has 0 spiro atoms. The molecule has 0 bridgehead atoms. The van der Waals surface area contributed by atoms with Crippen LogP contribution in [-0.4, -0.2) is 34.6 Å². The number of thiazole rings is 1. The topological polar surface area (TPSA) is 99.5 Å². The molecule has 0 saturated heterocycles. The van der Waals surface area contributed by atoms with Gasteiger partial charge in [-0.25, -0.2) is 9.78 Å². The van der Waals surface area contributed by atoms with Gasteiger partial charge in [-0.3, -0.25) is 14.9 Å². The number of hydrogen-bond donors (Lipinski definition) is 1. The Kier molecular flexibility index (Phi) is 7.75. The number of amides is 1. The lowest BCUT2D eigenvalue weighted by Crippen LogP contribution is -2.34. The monoisotopic (exact) mass is 553 g/mol. The molecule has 1 amide bonds. The number of carbonyl (C=O) groups is 2. The van der Waals surface area contributed by atoms with E-state index in [1.807, 2.05) is 72.1 Å². The third-order valence-corrected chi connectivity index (χ3v) is 7.35. The van der Waals surface area contributed by atoms with Crippen molar-refractivity contribution in [2.45, 2.75) is 19.4 Å². The van der Waals surface area contributed by atoms with Crippen LogP contribution in [0.5, 0.6) is 5.75 Å². The standard InChI is InChI=1S/C31H27N3O5S/c1-4-25(28(35)33-31-32-24(18-40-31)19-14-16-21(38-3)17-15-19)39-30(37)27-26(20-10-6-5-7-11-20)22-12-8-9-13-23(22)29(36)34(27)2/h5-18,25H,4H2,1-3H3,(H,32,33,35). The van der Waals surface area contributed by atoms with E-state index in [0.717, 1.165) is 16.9 Å². The summed E-state index contributed by atoms with van der Waals surface area (Å²) in [7, 11) is 3.14. The zero-order chi connectivity index (χ0) is 28.2. The van der Waals surface area contributed by atoms with E-state index >= 15 is 0 Å². The first kappa shape index (κ1) is 26.8. The summed E-state index contributed by atoms with van der Waals surface area (Å²) in [6.45, 7) is 1.75. The second-order valence-corrected chi connectivity index (χ2v) is 9.92. The zero-order valence-electron chi connectivity index (χ0n) is 22.2. The Morgan fingerprint density at radius 2 is 1.62 bits per heavy atom. The summed E-state index contributed by atoms with van der Waals surface area (Å²) in [6, 6.07) is 23.9. The highest BCUT2D eigenvalue weighted by Gasteiger charge is 2.28. The summed E-state index contributed by atoms with van der Waals surface area (Å²) >= 11 is 1.27. The molecule has 202 valence electrons. The first-order valence-electron chi connectivity index (χ1n) is 12.7. The molecule has 0 aliphatic heterocycles. The molecule has 0 fully saturated rings. The summed E-state index contributed by atoms with van der Waals surface area (Å²) < 4.78 is 12.2. The Balaban J connectivity index is 1.42. The lowest BCUT2D eigenvalue weighted by atomic mass is 9.97. The minimum Gasteiger partial charge on any atom is -0.497 e. The van der Waals surface area contributed by atoms with Crippen molar-refractivity contribution in [1.82, 2.24) is 9.55 Å². The summed E-state index contributed by atoms with van der Waals surface area (Å²) in [5.41, 5.74) is 2.66. The van der Waals surface area contributed by atoms with Gasteiger partial charge in [0, 0.05) is 28.9 Å². The van der Waals surface area contributed by atoms with Crippen molar-refractivity contribution < 1.29 is 19.1 Å². The van der Waals surface area contributed by atoms with Crippen LogP contribution < -0.4 is 15.6 Å². The van der Waals surface area contributed by atoms with Crippen LogP contribution >= 0.6 is 11.3 Å². The van der Waals surface area contributed by atoms with Crippen molar-refractivity contribution in [3.05, 3.63) is 100 Å². The average Bonchev–Trinajstić information content (AvgIpc) is 3.46. The zero-order valence-corrected chi connectivity index (χ0v) is 23.0. The number of methoxy groups -OCH3 is 1. The van der Waals surface area contributed by atoms with Gasteiger partial charge in [0.25, 0.3) is 11.5 Å². The maximum Gasteiger partial charge on any atom is 0.356 e. The molecule has 5 rings (SSSR count). The van der Waals surface area contributed by atoms with Crippen LogP contribution in [0.1, 0.15) is 23.8 Å². The Hall–Kier alpha value is -4.76. The summed E-state index contributed by atoms with van der Waals surface area (Å²) in [4.78, 5) is 44.5. The van der Waals surface area contributed by atoms with Crippen molar-refractivity contribution in [2.24, 2.45) is 7.05 Å². The van der Waals surface area contributed by atoms with E-state index in [9.17, 15) is 14.4 Å². The number of nitrogens with zero attached hydrogens (tertiary/aromatic N) is 2. The minimum absolute atomic E-state index is 0.0807. The lowest BCUT2D eigenvalue weighted by Gasteiger charge is -2.20. The fourth-order valence-electron chi connectivity index (χ4n) is 4.52. The van der Waals surface area contributed by atoms with E-state index in [2.05, 4.69) is 10.3 Å². The van der Waals surface area contributed by atoms with E-state index in [0.29, 0.717) is 27.2 Å². The number of ether oxygens (including phenoxy) is 2. The van der Waals surface area contributed by atoms with E-state index in [4.69, 9.17) is 9.47 Å². The molecule has 0 aliphatic carbocycles. The molecule has 0 aliphatic rings. The van der Waals surface area contributed by atoms with Gasteiger partial charge in [-0.2, -0.15) is 0 Å². The quantitative estimate of drug-likeness (QED) is 0.240. The predicted octanol–water partition coefficient (Wildman–Crippen LogP) is 5.91. The Morgan fingerprint density at radius 1 is 0.950 bits per heavy atom. The van der Waals surface area contributed by atoms with Gasteiger partial charge in [0.2, 0.25) is 0 Å². The predicted molar refractivity (Wildman–Crippen MR) is 157 cm³/mol. The lowest BCUT2D eigenvalue weighted by molar-refractivity contribution is -0.124. The molecule has 2 heterocycles. The van der Waals surface area contributed by atoms with E-state index in [1.54, 1.807) is 26.2 Å². The van der Waals surface area contributed by atoms with Crippen molar-refractivity contribution in [1.29, 1.82) is 0 Å². The van der Waals surface area contributed by atoms with E-state index in [-0.39, 0.29) is 17.7 Å². The van der Waals surface area contributed by atoms with Crippen molar-refractivity contribution in [3.8, 4) is 28.1 Å². The number of fused-ring (bicyclic) bond motifs is 1. The molecular formula is C31H27N3O5S. The minimum atomic E-state index is -1.09. The number of carbonyl (C=O) groups excluding carboxylic acids is 2. The van der Waals surface area contributed by atoms with Gasteiger partial charge >= 0.3 is 5.97 Å². The number of pyridine rings is 1. The molecule has 0 radical (unpaired) electrons. The van der Waals surface area contributed by atoms with Gasteiger partial charge in [0.05, 0.1) is 12.8 Å². The molecule has 8 nitrogen and oxygen atoms in total. The van der Waals surface area contributed by atoms with Gasteiger partial charge in [-0.1, -0.05) is 55.5 Å². The molecule has 0 saturated carbocycles. The van der Waals surface area contributed by atoms with Gasteiger partial charge in [-0.05, 0) is 47.7 Å². The molecule has 1 unspecified atom stereocenters. The van der Waals surface area contributed by atoms with Crippen LogP contribution in [-0.2, 0) is 16.6 Å². The molecule has 2 aromatic heterocycles. The van der Waals surface area contributed by atoms with Crippen LogP contribution in [0.3, 0.4) is 0 Å². The number of aromatic nitrogens is 2. The van der Waals surface area contributed by atoms with Gasteiger partial charge in [0.15, 0.2) is 11.2 Å². The molecule has 40 heavy (non-hydrogen) atoms. The van der Waals surface area contributed by atoms with Gasteiger partial charge < -0.3 is 14.0 Å². The maximum absolute atomic E-state index is 13.6. The normalized spacial score (nSPS) is 11.7. The second kappa shape index (κ2) is 11.5. The number of rotatable bonds is 8. The Morgan fingerprint density at radius 3 is 2.30 bits per heavy atom. The van der Waals surface area contributed by atoms with Crippen molar-refractivity contribution >= 4 is 39.1 Å². The fourth-order valence-corrected chi connectivity index (χ4v) is 5.24. The smallest absolute Gasteiger partial charge is 0.356 e. The summed E-state index contributed by atoms with van der Waals surface area (Å²) in [5.74, 6) is -0.526. The number of benzene rings is 3. The van der Waals surface area contributed by atoms with Crippen molar-refractivity contribution in [3.63, 3.8) is 0 Å². The van der Waals surface area contributed by atoms with Crippen LogP contribution in [0, 0.1) is 0 Å². The molecular weight excluding hydrogens is 526 g/mol. The van der Waals surface area contributed by atoms with Crippen LogP contribution in [0.4, 0.5) is 5.13 Å². The van der Waals surface area contributed by atoms with Crippen LogP contribution in [0.15, 0.2) is 89.0 Å². The highest BCUT2D eigenvalue weighted by molar-refractivity contribution is 7.14. The van der Waals surface area contributed by atoms with E-state index in [1.165, 1.54) is 23.0 Å². The summed E-state index contributed by atoms with van der Waals surface area (Å²) in [6.07, 6.45) is -0.859. The molecule has 1 atom stereocenters. The second-order valence-electron chi connectivity index (χ2n) is 9.06. The first-order chi connectivity index (χ1) is 19.4. The number of nitrogens with one attached hydrogen (secondary N) is 1. The number of esters is 1. The van der Waals surface area contributed by atoms with Gasteiger partial charge in [0.1, 0.15) is 11.4 Å². The largest absolute Gasteiger partial charge is 0.497 e. The highest BCUT2D eigenvalue weighted by Crippen LogP contribution is 2.31. The Bertz CT molecular complexity index is 1740. The first-order valence-corrected chi connectivity index (χ1v) is 13.6. The van der Waals surface area contributed by atoms with Crippen LogP contribution in [0.25, 0.3) is 33.2 Å². The number of hydrogen-bond acceptors (Lipinski definition) is 7. The molecule has 9 heteroatoms. The average molecular weight is 554 g/mol. The van der Waals surface area contributed by atoms with Crippen molar-refractivity contribution in [2.75, 3.05) is 12.4 Å². The molecule has 5 aromatic rings. The highest BCUT2D eigenvalue weighted by atomic mass is 32.1.